The molecule has 0 aliphatic carbocycles. The fraction of sp³-hybridized carbons (Fsp3) is 0.167. The second-order valence-electron chi connectivity index (χ2n) is 7.29. The van der Waals surface area contributed by atoms with E-state index in [4.69, 9.17) is 4.74 Å². The number of para-hydroxylation sites is 2. The molecule has 3 aromatic rings. The standard InChI is InChI=1S/C24H25N3O5S2/c1-17-7-5-8-18(13-17)25-23(28)15-33-16-24(29)26-19-9-6-10-20(14-19)34(30,31)27-21-11-3-4-12-22(21)32-2/h3-14,27H,15-16H2,1-2H3,(H,25,28)(H,26,29). The lowest BCUT2D eigenvalue weighted by Gasteiger charge is -2.12. The van der Waals surface area contributed by atoms with Crippen LogP contribution >= 0.6 is 11.8 Å². The molecule has 8 nitrogen and oxygen atoms in total. The Balaban J connectivity index is 1.54. The normalized spacial score (nSPS) is 10.9. The summed E-state index contributed by atoms with van der Waals surface area (Å²) >= 11 is 1.16. The van der Waals surface area contributed by atoms with Crippen molar-refractivity contribution in [3.8, 4) is 5.75 Å². The summed E-state index contributed by atoms with van der Waals surface area (Å²) < 4.78 is 33.3. The molecule has 3 rings (SSSR count). The smallest absolute Gasteiger partial charge is 0.262 e. The Morgan fingerprint density at radius 2 is 1.47 bits per heavy atom. The molecule has 0 heterocycles. The van der Waals surface area contributed by atoms with Gasteiger partial charge in [0, 0.05) is 11.4 Å². The number of anilines is 3. The SMILES string of the molecule is COc1ccccc1NS(=O)(=O)c1cccc(NC(=O)CSCC(=O)Nc2cccc(C)c2)c1. The predicted molar refractivity (Wildman–Crippen MR) is 136 cm³/mol. The number of aryl methyl sites for hydroxylation is 1. The molecule has 0 spiro atoms. The first-order chi connectivity index (χ1) is 16.3. The summed E-state index contributed by atoms with van der Waals surface area (Å²) in [6.07, 6.45) is 0. The third kappa shape index (κ3) is 7.26. The fourth-order valence-corrected chi connectivity index (χ4v) is 4.76. The third-order valence-electron chi connectivity index (χ3n) is 4.55. The average Bonchev–Trinajstić information content (AvgIpc) is 2.79. The Morgan fingerprint density at radius 1 is 0.853 bits per heavy atom. The lowest BCUT2D eigenvalue weighted by molar-refractivity contribution is -0.114. The molecule has 3 N–H and O–H groups in total. The zero-order valence-electron chi connectivity index (χ0n) is 18.7. The van der Waals surface area contributed by atoms with Crippen molar-refractivity contribution in [2.75, 3.05) is 34.0 Å². The van der Waals surface area contributed by atoms with E-state index in [1.807, 2.05) is 25.1 Å². The molecule has 0 saturated carbocycles. The highest BCUT2D eigenvalue weighted by molar-refractivity contribution is 8.00. The maximum absolute atomic E-state index is 12.8. The highest BCUT2D eigenvalue weighted by atomic mass is 32.2. The molecule has 0 radical (unpaired) electrons. The van der Waals surface area contributed by atoms with Gasteiger partial charge in [-0.15, -0.1) is 11.8 Å². The number of amides is 2. The molecule has 2 amide bonds. The summed E-state index contributed by atoms with van der Waals surface area (Å²) in [6.45, 7) is 1.93. The summed E-state index contributed by atoms with van der Waals surface area (Å²) in [6, 6.07) is 20.0. The van der Waals surface area contributed by atoms with Gasteiger partial charge in [-0.1, -0.05) is 30.3 Å². The summed E-state index contributed by atoms with van der Waals surface area (Å²) in [4.78, 5) is 24.3. The summed E-state index contributed by atoms with van der Waals surface area (Å²) in [7, 11) is -2.45. The van der Waals surface area contributed by atoms with E-state index in [2.05, 4.69) is 15.4 Å². The number of carbonyl (C=O) groups excluding carboxylic acids is 2. The number of methoxy groups -OCH3 is 1. The van der Waals surface area contributed by atoms with Crippen molar-refractivity contribution >= 4 is 50.7 Å². The van der Waals surface area contributed by atoms with E-state index in [9.17, 15) is 18.0 Å². The molecule has 0 fully saturated rings. The molecule has 34 heavy (non-hydrogen) atoms. The first kappa shape index (κ1) is 25.1. The third-order valence-corrected chi connectivity index (χ3v) is 6.84. The summed E-state index contributed by atoms with van der Waals surface area (Å²) in [5.41, 5.74) is 2.37. The number of benzene rings is 3. The largest absolute Gasteiger partial charge is 0.495 e. The number of hydrogen-bond donors (Lipinski definition) is 3. The predicted octanol–water partition coefficient (Wildman–Crippen LogP) is 4.11. The zero-order valence-corrected chi connectivity index (χ0v) is 20.3. The minimum absolute atomic E-state index is 0.0126. The van der Waals surface area contributed by atoms with Crippen LogP contribution < -0.4 is 20.1 Å². The molecule has 0 aliphatic rings. The van der Waals surface area contributed by atoms with Gasteiger partial charge in [0.2, 0.25) is 11.8 Å². The number of hydrogen-bond acceptors (Lipinski definition) is 6. The Labute approximate surface area is 203 Å². The average molecular weight is 500 g/mol. The molecule has 0 saturated heterocycles. The van der Waals surface area contributed by atoms with Crippen molar-refractivity contribution in [1.82, 2.24) is 0 Å². The van der Waals surface area contributed by atoms with Crippen LogP contribution in [0.15, 0.2) is 77.7 Å². The molecule has 10 heteroatoms. The van der Waals surface area contributed by atoms with Gasteiger partial charge in [-0.25, -0.2) is 8.42 Å². The van der Waals surface area contributed by atoms with Crippen LogP contribution in [0.25, 0.3) is 0 Å². The molecule has 3 aromatic carbocycles. The Kier molecular flexibility index (Phi) is 8.55. The van der Waals surface area contributed by atoms with E-state index >= 15 is 0 Å². The van der Waals surface area contributed by atoms with Crippen LogP contribution in [0.5, 0.6) is 5.75 Å². The van der Waals surface area contributed by atoms with Gasteiger partial charge in [-0.2, -0.15) is 0 Å². The number of carbonyl (C=O) groups is 2. The summed E-state index contributed by atoms with van der Waals surface area (Å²) in [5.74, 6) is -0.0190. The lowest BCUT2D eigenvalue weighted by Crippen LogP contribution is -2.19. The number of nitrogens with one attached hydrogen (secondary N) is 3. The monoisotopic (exact) mass is 499 g/mol. The van der Waals surface area contributed by atoms with Gasteiger partial charge in [0.15, 0.2) is 0 Å². The van der Waals surface area contributed by atoms with E-state index in [1.54, 1.807) is 36.4 Å². The van der Waals surface area contributed by atoms with E-state index in [1.165, 1.54) is 25.3 Å². The minimum Gasteiger partial charge on any atom is -0.495 e. The quantitative estimate of drug-likeness (QED) is 0.387. The minimum atomic E-state index is -3.90. The van der Waals surface area contributed by atoms with Gasteiger partial charge in [0.1, 0.15) is 5.75 Å². The van der Waals surface area contributed by atoms with Crippen LogP contribution in [0, 0.1) is 6.92 Å². The van der Waals surface area contributed by atoms with E-state index in [0.717, 1.165) is 17.3 Å². The first-order valence-corrected chi connectivity index (χ1v) is 12.9. The van der Waals surface area contributed by atoms with Crippen molar-refractivity contribution in [3.05, 3.63) is 78.4 Å². The molecule has 0 aromatic heterocycles. The van der Waals surface area contributed by atoms with Gasteiger partial charge < -0.3 is 15.4 Å². The summed E-state index contributed by atoms with van der Waals surface area (Å²) in [5, 5.41) is 5.45. The number of rotatable bonds is 10. The van der Waals surface area contributed by atoms with Crippen molar-refractivity contribution in [1.29, 1.82) is 0 Å². The molecule has 0 atom stereocenters. The Bertz CT molecular complexity index is 1280. The lowest BCUT2D eigenvalue weighted by atomic mass is 10.2. The number of sulfonamides is 1. The van der Waals surface area contributed by atoms with Crippen LogP contribution in [0.3, 0.4) is 0 Å². The Hall–Kier alpha value is -3.50. The van der Waals surface area contributed by atoms with Crippen molar-refractivity contribution < 1.29 is 22.7 Å². The van der Waals surface area contributed by atoms with Crippen molar-refractivity contribution in [2.45, 2.75) is 11.8 Å². The second-order valence-corrected chi connectivity index (χ2v) is 9.96. The van der Waals surface area contributed by atoms with Gasteiger partial charge in [-0.3, -0.25) is 14.3 Å². The molecular weight excluding hydrogens is 474 g/mol. The fourth-order valence-electron chi connectivity index (χ4n) is 3.03. The van der Waals surface area contributed by atoms with Crippen molar-refractivity contribution in [3.63, 3.8) is 0 Å². The van der Waals surface area contributed by atoms with Gasteiger partial charge in [0.25, 0.3) is 10.0 Å². The first-order valence-electron chi connectivity index (χ1n) is 10.3. The molecule has 0 aliphatic heterocycles. The second kappa shape index (κ2) is 11.6. The molecule has 0 unspecified atom stereocenters. The topological polar surface area (TPSA) is 114 Å². The van der Waals surface area contributed by atoms with E-state index in [0.29, 0.717) is 22.8 Å². The maximum atomic E-state index is 12.8. The number of ether oxygens (including phenoxy) is 1. The van der Waals surface area contributed by atoms with Crippen LogP contribution in [0.1, 0.15) is 5.56 Å². The van der Waals surface area contributed by atoms with E-state index < -0.39 is 10.0 Å². The van der Waals surface area contributed by atoms with Crippen LogP contribution in [0.4, 0.5) is 17.1 Å². The van der Waals surface area contributed by atoms with Gasteiger partial charge in [0.05, 0.1) is 29.2 Å². The highest BCUT2D eigenvalue weighted by Crippen LogP contribution is 2.27. The highest BCUT2D eigenvalue weighted by Gasteiger charge is 2.17. The van der Waals surface area contributed by atoms with Gasteiger partial charge in [-0.05, 0) is 55.0 Å². The van der Waals surface area contributed by atoms with Crippen molar-refractivity contribution in [2.24, 2.45) is 0 Å². The van der Waals surface area contributed by atoms with Crippen LogP contribution in [0.2, 0.25) is 0 Å². The number of thioether (sulfide) groups is 1. The van der Waals surface area contributed by atoms with E-state index in [-0.39, 0.29) is 28.2 Å². The van der Waals surface area contributed by atoms with Crippen LogP contribution in [-0.2, 0) is 19.6 Å². The maximum Gasteiger partial charge on any atom is 0.262 e. The van der Waals surface area contributed by atoms with Gasteiger partial charge >= 0.3 is 0 Å². The molecular formula is C24H25N3O5S2. The molecule has 178 valence electrons. The zero-order chi connectivity index (χ0) is 24.6. The Morgan fingerprint density at radius 3 is 2.12 bits per heavy atom. The van der Waals surface area contributed by atoms with Crippen LogP contribution in [-0.4, -0.2) is 38.8 Å². The molecule has 0 bridgehead atoms.